The van der Waals surface area contributed by atoms with Gasteiger partial charge in [-0.2, -0.15) is 4.99 Å². The van der Waals surface area contributed by atoms with Crippen LogP contribution in [0.25, 0.3) is 10.2 Å². The molecule has 0 radical (unpaired) electrons. The van der Waals surface area contributed by atoms with E-state index in [0.29, 0.717) is 22.8 Å². The van der Waals surface area contributed by atoms with E-state index in [1.807, 2.05) is 29.7 Å². The average Bonchev–Trinajstić information content (AvgIpc) is 2.76. The van der Waals surface area contributed by atoms with Crippen LogP contribution in [0.15, 0.2) is 23.2 Å². The highest BCUT2D eigenvalue weighted by atomic mass is 35.5. The van der Waals surface area contributed by atoms with Crippen molar-refractivity contribution in [2.75, 3.05) is 0 Å². The standard InChI is InChI=1S/C15H15ClN2OS/c1-3-5-9-13(19)17-15-18(10-4-2)14-11(16)7-6-8-12(14)20-15/h2,6-8H,3,5,9-10H2,1H3. The van der Waals surface area contributed by atoms with Gasteiger partial charge in [0.2, 0.25) is 5.91 Å². The molecule has 104 valence electrons. The summed E-state index contributed by atoms with van der Waals surface area (Å²) in [6.07, 6.45) is 7.70. The van der Waals surface area contributed by atoms with E-state index in [9.17, 15) is 4.79 Å². The van der Waals surface area contributed by atoms with Crippen LogP contribution < -0.4 is 4.80 Å². The normalized spacial score (nSPS) is 11.8. The summed E-state index contributed by atoms with van der Waals surface area (Å²) in [5.74, 6) is 2.48. The lowest BCUT2D eigenvalue weighted by molar-refractivity contribution is -0.118. The maximum atomic E-state index is 11.8. The predicted octanol–water partition coefficient (Wildman–Crippen LogP) is 3.61. The smallest absolute Gasteiger partial charge is 0.248 e. The van der Waals surface area contributed by atoms with Crippen molar-refractivity contribution in [3.63, 3.8) is 0 Å². The minimum Gasteiger partial charge on any atom is -0.303 e. The van der Waals surface area contributed by atoms with E-state index < -0.39 is 0 Å². The maximum absolute atomic E-state index is 11.8. The molecule has 0 saturated heterocycles. The van der Waals surface area contributed by atoms with Gasteiger partial charge in [0.15, 0.2) is 4.80 Å². The van der Waals surface area contributed by atoms with E-state index in [-0.39, 0.29) is 5.91 Å². The molecule has 1 heterocycles. The van der Waals surface area contributed by atoms with Gasteiger partial charge in [0.25, 0.3) is 0 Å². The molecule has 0 unspecified atom stereocenters. The number of halogens is 1. The Bertz CT molecular complexity index is 736. The minimum absolute atomic E-state index is 0.111. The predicted molar refractivity (Wildman–Crippen MR) is 83.8 cm³/mol. The molecular formula is C15H15ClN2OS. The molecule has 0 fully saturated rings. The lowest BCUT2D eigenvalue weighted by Gasteiger charge is -2.01. The third-order valence-electron chi connectivity index (χ3n) is 2.87. The molecule has 3 nitrogen and oxygen atoms in total. The summed E-state index contributed by atoms with van der Waals surface area (Å²) in [5, 5.41) is 0.622. The summed E-state index contributed by atoms with van der Waals surface area (Å²) in [5.41, 5.74) is 0.846. The lowest BCUT2D eigenvalue weighted by Crippen LogP contribution is -2.16. The molecule has 20 heavy (non-hydrogen) atoms. The number of carbonyl (C=O) groups is 1. The van der Waals surface area contributed by atoms with Crippen LogP contribution in [0.5, 0.6) is 0 Å². The summed E-state index contributed by atoms with van der Waals surface area (Å²) in [6, 6.07) is 5.64. The molecule has 2 rings (SSSR count). The average molecular weight is 307 g/mol. The van der Waals surface area contributed by atoms with Gasteiger partial charge in [-0.1, -0.05) is 48.3 Å². The van der Waals surface area contributed by atoms with Crippen molar-refractivity contribution in [2.24, 2.45) is 4.99 Å². The number of unbranched alkanes of at least 4 members (excludes halogenated alkanes) is 1. The van der Waals surface area contributed by atoms with Gasteiger partial charge in [-0.3, -0.25) is 4.79 Å². The summed E-state index contributed by atoms with van der Waals surface area (Å²) >= 11 is 7.66. The van der Waals surface area contributed by atoms with Crippen LogP contribution >= 0.6 is 22.9 Å². The summed E-state index contributed by atoms with van der Waals surface area (Å²) in [7, 11) is 0. The molecule has 0 aliphatic heterocycles. The quantitative estimate of drug-likeness (QED) is 0.795. The Hall–Kier alpha value is -1.57. The van der Waals surface area contributed by atoms with Crippen LogP contribution in [0.1, 0.15) is 26.2 Å². The number of amides is 1. The number of hydrogen-bond donors (Lipinski definition) is 0. The van der Waals surface area contributed by atoms with Crippen molar-refractivity contribution in [3.05, 3.63) is 28.0 Å². The maximum Gasteiger partial charge on any atom is 0.248 e. The summed E-state index contributed by atoms with van der Waals surface area (Å²) < 4.78 is 2.81. The van der Waals surface area contributed by atoms with Gasteiger partial charge in [-0.25, -0.2) is 0 Å². The van der Waals surface area contributed by atoms with Gasteiger partial charge in [0, 0.05) is 6.42 Å². The number of para-hydroxylation sites is 1. The van der Waals surface area contributed by atoms with Gasteiger partial charge in [-0.15, -0.1) is 6.42 Å². The zero-order valence-corrected chi connectivity index (χ0v) is 12.8. The van der Waals surface area contributed by atoms with Crippen molar-refractivity contribution in [2.45, 2.75) is 32.7 Å². The monoisotopic (exact) mass is 306 g/mol. The summed E-state index contributed by atoms with van der Waals surface area (Å²) in [6.45, 7) is 2.40. The van der Waals surface area contributed by atoms with Crippen molar-refractivity contribution in [3.8, 4) is 12.3 Å². The second-order valence-corrected chi connectivity index (χ2v) is 5.79. The van der Waals surface area contributed by atoms with Gasteiger partial charge >= 0.3 is 0 Å². The molecule has 1 amide bonds. The molecule has 0 atom stereocenters. The Labute approximate surface area is 126 Å². The van der Waals surface area contributed by atoms with Crippen molar-refractivity contribution >= 4 is 39.1 Å². The number of terminal acetylenes is 1. The van der Waals surface area contributed by atoms with E-state index in [0.717, 1.165) is 23.1 Å². The third-order valence-corrected chi connectivity index (χ3v) is 4.21. The Kier molecular flexibility index (Phi) is 4.99. The van der Waals surface area contributed by atoms with E-state index in [1.165, 1.54) is 11.3 Å². The molecule has 0 spiro atoms. The molecule has 5 heteroatoms. The summed E-state index contributed by atoms with van der Waals surface area (Å²) in [4.78, 5) is 16.6. The second kappa shape index (κ2) is 6.74. The van der Waals surface area contributed by atoms with Crippen molar-refractivity contribution in [1.29, 1.82) is 0 Å². The fraction of sp³-hybridized carbons (Fsp3) is 0.333. The first-order valence-electron chi connectivity index (χ1n) is 6.46. The fourth-order valence-electron chi connectivity index (χ4n) is 1.90. The van der Waals surface area contributed by atoms with E-state index in [2.05, 4.69) is 10.9 Å². The lowest BCUT2D eigenvalue weighted by atomic mass is 10.2. The Morgan fingerprint density at radius 2 is 2.35 bits per heavy atom. The number of rotatable bonds is 4. The SMILES string of the molecule is C#CCn1c(=NC(=O)CCCC)sc2cccc(Cl)c21. The van der Waals surface area contributed by atoms with Crippen LogP contribution in [0.4, 0.5) is 0 Å². The van der Waals surface area contributed by atoms with E-state index in [1.54, 1.807) is 0 Å². The van der Waals surface area contributed by atoms with Crippen LogP contribution in [0, 0.1) is 12.3 Å². The highest BCUT2D eigenvalue weighted by Gasteiger charge is 2.09. The van der Waals surface area contributed by atoms with Gasteiger partial charge in [0.1, 0.15) is 0 Å². The van der Waals surface area contributed by atoms with Crippen LogP contribution in [0.3, 0.4) is 0 Å². The topological polar surface area (TPSA) is 34.4 Å². The zero-order valence-electron chi connectivity index (χ0n) is 11.2. The van der Waals surface area contributed by atoms with Crippen LogP contribution in [0.2, 0.25) is 5.02 Å². The largest absolute Gasteiger partial charge is 0.303 e. The van der Waals surface area contributed by atoms with Gasteiger partial charge in [0.05, 0.1) is 21.8 Å². The first-order chi connectivity index (χ1) is 9.67. The zero-order chi connectivity index (χ0) is 14.5. The Morgan fingerprint density at radius 1 is 1.55 bits per heavy atom. The third kappa shape index (κ3) is 3.12. The van der Waals surface area contributed by atoms with E-state index >= 15 is 0 Å². The molecule has 2 aromatic rings. The minimum atomic E-state index is -0.111. The highest BCUT2D eigenvalue weighted by Crippen LogP contribution is 2.25. The number of benzene rings is 1. The molecule has 0 aliphatic carbocycles. The molecule has 0 aliphatic rings. The molecular weight excluding hydrogens is 292 g/mol. The second-order valence-electron chi connectivity index (χ2n) is 4.37. The molecule has 1 aromatic heterocycles. The first-order valence-corrected chi connectivity index (χ1v) is 7.65. The Morgan fingerprint density at radius 3 is 3.05 bits per heavy atom. The van der Waals surface area contributed by atoms with Gasteiger partial charge in [-0.05, 0) is 18.6 Å². The fourth-order valence-corrected chi connectivity index (χ4v) is 3.31. The Balaban J connectivity index is 2.56. The number of carbonyl (C=O) groups excluding carboxylic acids is 1. The van der Waals surface area contributed by atoms with Gasteiger partial charge < -0.3 is 4.57 Å². The molecule has 0 saturated carbocycles. The highest BCUT2D eigenvalue weighted by molar-refractivity contribution is 7.16. The molecule has 0 N–H and O–H groups in total. The number of thiazole rings is 1. The van der Waals surface area contributed by atoms with E-state index in [4.69, 9.17) is 18.0 Å². The first kappa shape index (κ1) is 14.8. The number of aromatic nitrogens is 1. The van der Waals surface area contributed by atoms with Crippen LogP contribution in [-0.4, -0.2) is 10.5 Å². The van der Waals surface area contributed by atoms with Crippen molar-refractivity contribution < 1.29 is 4.79 Å². The molecule has 1 aromatic carbocycles. The van der Waals surface area contributed by atoms with Crippen LogP contribution in [-0.2, 0) is 11.3 Å². The number of fused-ring (bicyclic) bond motifs is 1. The molecule has 0 bridgehead atoms. The van der Waals surface area contributed by atoms with Crippen molar-refractivity contribution in [1.82, 2.24) is 4.57 Å². The number of hydrogen-bond acceptors (Lipinski definition) is 2. The number of nitrogens with zero attached hydrogens (tertiary/aromatic N) is 2.